The molecule has 1 amide bonds. The van der Waals surface area contributed by atoms with Gasteiger partial charge in [0.15, 0.2) is 0 Å². The first-order valence-electron chi connectivity index (χ1n) is 5.16. The molecule has 4 N–H and O–H groups in total. The Morgan fingerprint density at radius 1 is 1.50 bits per heavy atom. The first kappa shape index (κ1) is 15.2. The number of amides is 1. The van der Waals surface area contributed by atoms with Crippen molar-refractivity contribution in [3.8, 4) is 0 Å². The van der Waals surface area contributed by atoms with Crippen molar-refractivity contribution in [3.05, 3.63) is 0 Å². The molecular formula is C10H20N2O3S. The number of rotatable bonds is 6. The molecule has 0 heterocycles. The highest BCUT2D eigenvalue weighted by Gasteiger charge is 2.35. The molecule has 0 aliphatic heterocycles. The van der Waals surface area contributed by atoms with E-state index in [0.29, 0.717) is 6.54 Å². The van der Waals surface area contributed by atoms with E-state index >= 15 is 0 Å². The Morgan fingerprint density at radius 3 is 2.38 bits per heavy atom. The van der Waals surface area contributed by atoms with Crippen LogP contribution < -0.4 is 11.1 Å². The number of hydrogen-bond acceptors (Lipinski definition) is 4. The molecule has 0 saturated heterocycles. The van der Waals surface area contributed by atoms with Crippen LogP contribution in [0.3, 0.4) is 0 Å². The van der Waals surface area contributed by atoms with Crippen LogP contribution in [0.25, 0.3) is 0 Å². The number of nitrogens with one attached hydrogen (secondary N) is 1. The highest BCUT2D eigenvalue weighted by Crippen LogP contribution is 2.31. The molecule has 16 heavy (non-hydrogen) atoms. The smallest absolute Gasteiger partial charge is 0.321 e. The summed E-state index contributed by atoms with van der Waals surface area (Å²) in [5, 5.41) is 11.2. The minimum Gasteiger partial charge on any atom is -0.480 e. The first-order valence-corrected chi connectivity index (χ1v) is 6.04. The van der Waals surface area contributed by atoms with Gasteiger partial charge in [0, 0.05) is 11.3 Å². The lowest BCUT2D eigenvalue weighted by Crippen LogP contribution is -2.48. The molecule has 1 unspecified atom stereocenters. The molecule has 0 aromatic heterocycles. The highest BCUT2D eigenvalue weighted by atomic mass is 32.2. The quantitative estimate of drug-likeness (QED) is 0.634. The Kier molecular flexibility index (Phi) is 5.81. The van der Waals surface area contributed by atoms with E-state index in [-0.39, 0.29) is 11.2 Å². The van der Waals surface area contributed by atoms with Crippen molar-refractivity contribution < 1.29 is 14.7 Å². The van der Waals surface area contributed by atoms with Crippen LogP contribution in [0.15, 0.2) is 0 Å². The number of carbonyl (C=O) groups excluding carboxylic acids is 1. The average Bonchev–Trinajstić information content (AvgIpc) is 2.16. The lowest BCUT2D eigenvalue weighted by Gasteiger charge is -2.30. The van der Waals surface area contributed by atoms with Gasteiger partial charge in [-0.15, -0.1) is 11.8 Å². The van der Waals surface area contributed by atoms with Crippen LogP contribution in [0.4, 0.5) is 0 Å². The summed E-state index contributed by atoms with van der Waals surface area (Å²) in [6, 6.07) is -0.991. The van der Waals surface area contributed by atoms with Gasteiger partial charge >= 0.3 is 5.97 Å². The zero-order valence-electron chi connectivity index (χ0n) is 10.1. The van der Waals surface area contributed by atoms with Gasteiger partial charge in [-0.2, -0.15) is 0 Å². The summed E-state index contributed by atoms with van der Waals surface area (Å²) in [6.07, 6.45) is 0. The van der Waals surface area contributed by atoms with Crippen LogP contribution in [0.2, 0.25) is 0 Å². The molecule has 0 fully saturated rings. The highest BCUT2D eigenvalue weighted by molar-refractivity contribution is 8.02. The maximum atomic E-state index is 11.5. The third-order valence-electron chi connectivity index (χ3n) is 2.22. The van der Waals surface area contributed by atoms with Gasteiger partial charge in [-0.05, 0) is 27.7 Å². The number of carboxylic acid groups (broad SMARTS) is 1. The maximum absolute atomic E-state index is 11.5. The van der Waals surface area contributed by atoms with E-state index in [1.165, 1.54) is 11.8 Å². The van der Waals surface area contributed by atoms with E-state index in [2.05, 4.69) is 5.32 Å². The molecule has 0 bridgehead atoms. The number of hydrogen-bond donors (Lipinski definition) is 3. The molecule has 0 spiro atoms. The molecule has 0 aliphatic rings. The molecule has 0 aromatic rings. The van der Waals surface area contributed by atoms with Crippen LogP contribution in [0.5, 0.6) is 0 Å². The number of aliphatic carboxylic acids is 1. The third-order valence-corrected chi connectivity index (χ3v) is 3.64. The number of nitrogens with two attached hydrogens (primary N) is 1. The summed E-state index contributed by atoms with van der Waals surface area (Å²) in [6.45, 7) is 7.60. The van der Waals surface area contributed by atoms with Crippen LogP contribution in [0.1, 0.15) is 27.7 Å². The van der Waals surface area contributed by atoms with Crippen LogP contribution in [-0.4, -0.2) is 39.6 Å². The van der Waals surface area contributed by atoms with E-state index in [1.807, 2.05) is 6.92 Å². The molecular weight excluding hydrogens is 228 g/mol. The van der Waals surface area contributed by atoms with E-state index < -0.39 is 16.8 Å². The average molecular weight is 248 g/mol. The Hall–Kier alpha value is -0.750. The Bertz CT molecular complexity index is 269. The summed E-state index contributed by atoms with van der Waals surface area (Å²) >= 11 is 1.27. The zero-order chi connectivity index (χ0) is 12.9. The summed E-state index contributed by atoms with van der Waals surface area (Å²) in [5.41, 5.74) is 5.56. The van der Waals surface area contributed by atoms with Crippen molar-refractivity contribution in [2.24, 2.45) is 5.73 Å². The van der Waals surface area contributed by atoms with Gasteiger partial charge < -0.3 is 16.2 Å². The summed E-state index contributed by atoms with van der Waals surface area (Å²) in [5.74, 6) is -1.15. The molecule has 0 radical (unpaired) electrons. The SMILES string of the molecule is CCNC(=O)C(C)SC(C)(C)[C@H](N)C(=O)O. The zero-order valence-corrected chi connectivity index (χ0v) is 10.9. The predicted octanol–water partition coefficient (Wildman–Crippen LogP) is 0.435. The van der Waals surface area contributed by atoms with Crippen molar-refractivity contribution in [3.63, 3.8) is 0 Å². The van der Waals surface area contributed by atoms with Gasteiger partial charge in [-0.25, -0.2) is 0 Å². The van der Waals surface area contributed by atoms with E-state index in [1.54, 1.807) is 20.8 Å². The Balaban J connectivity index is 4.46. The normalized spacial score (nSPS) is 15.3. The van der Waals surface area contributed by atoms with E-state index in [4.69, 9.17) is 10.8 Å². The number of carbonyl (C=O) groups is 2. The van der Waals surface area contributed by atoms with Gasteiger partial charge in [0.1, 0.15) is 6.04 Å². The fourth-order valence-electron chi connectivity index (χ4n) is 1.20. The fraction of sp³-hybridized carbons (Fsp3) is 0.800. The molecule has 94 valence electrons. The van der Waals surface area contributed by atoms with Crippen LogP contribution in [0, 0.1) is 0 Å². The van der Waals surface area contributed by atoms with Crippen molar-refractivity contribution in [2.75, 3.05) is 6.54 Å². The molecule has 0 aliphatic carbocycles. The molecule has 6 heteroatoms. The summed E-state index contributed by atoms with van der Waals surface area (Å²) in [4.78, 5) is 22.3. The Labute approximate surface area is 100 Å². The topological polar surface area (TPSA) is 92.4 Å². The number of carboxylic acids is 1. The van der Waals surface area contributed by atoms with Crippen molar-refractivity contribution in [1.82, 2.24) is 5.32 Å². The van der Waals surface area contributed by atoms with Gasteiger partial charge in [-0.3, -0.25) is 9.59 Å². The maximum Gasteiger partial charge on any atom is 0.321 e. The van der Waals surface area contributed by atoms with Crippen LogP contribution >= 0.6 is 11.8 Å². The second-order valence-corrected chi connectivity index (χ2v) is 6.07. The molecule has 0 aromatic carbocycles. The fourth-order valence-corrected chi connectivity index (χ4v) is 2.55. The second kappa shape index (κ2) is 6.10. The van der Waals surface area contributed by atoms with Crippen molar-refractivity contribution >= 4 is 23.6 Å². The van der Waals surface area contributed by atoms with Crippen molar-refractivity contribution in [1.29, 1.82) is 0 Å². The minimum atomic E-state index is -1.06. The van der Waals surface area contributed by atoms with Crippen LogP contribution in [-0.2, 0) is 9.59 Å². The monoisotopic (exact) mass is 248 g/mol. The summed E-state index contributed by atoms with van der Waals surface area (Å²) in [7, 11) is 0. The molecule has 5 nitrogen and oxygen atoms in total. The second-order valence-electron chi connectivity index (χ2n) is 4.07. The van der Waals surface area contributed by atoms with Gasteiger partial charge in [0.05, 0.1) is 5.25 Å². The lowest BCUT2D eigenvalue weighted by atomic mass is 10.1. The Morgan fingerprint density at radius 2 is 2.00 bits per heavy atom. The first-order chi connectivity index (χ1) is 7.22. The van der Waals surface area contributed by atoms with E-state index in [0.717, 1.165) is 0 Å². The molecule has 0 saturated carbocycles. The largest absolute Gasteiger partial charge is 0.480 e. The third kappa shape index (κ3) is 4.40. The van der Waals surface area contributed by atoms with Crippen molar-refractivity contribution in [2.45, 2.75) is 43.7 Å². The minimum absolute atomic E-state index is 0.0989. The van der Waals surface area contributed by atoms with Gasteiger partial charge in [0.25, 0.3) is 0 Å². The lowest BCUT2D eigenvalue weighted by molar-refractivity contribution is -0.139. The predicted molar refractivity (Wildman–Crippen MR) is 65.4 cm³/mol. The van der Waals surface area contributed by atoms with E-state index in [9.17, 15) is 9.59 Å². The molecule has 0 rings (SSSR count). The standard InChI is InChI=1S/C10H20N2O3S/c1-5-12-8(13)6(2)16-10(3,4)7(11)9(14)15/h6-7H,5,11H2,1-4H3,(H,12,13)(H,14,15)/t6?,7-/m1/s1. The molecule has 2 atom stereocenters. The number of thioether (sulfide) groups is 1. The summed E-state index contributed by atoms with van der Waals surface area (Å²) < 4.78 is -0.684. The van der Waals surface area contributed by atoms with Gasteiger partial charge in [0.2, 0.25) is 5.91 Å². The van der Waals surface area contributed by atoms with Gasteiger partial charge in [-0.1, -0.05) is 0 Å².